The first-order valence-electron chi connectivity index (χ1n) is 9.77. The fourth-order valence-electron chi connectivity index (χ4n) is 3.75. The molecule has 1 N–H and O–H groups in total. The van der Waals surface area contributed by atoms with E-state index in [4.69, 9.17) is 4.74 Å². The van der Waals surface area contributed by atoms with Gasteiger partial charge in [-0.1, -0.05) is 30.3 Å². The molecule has 2 aromatic carbocycles. The molecule has 150 valence electrons. The Labute approximate surface area is 168 Å². The number of nitrogens with one attached hydrogen (secondary N) is 1. The van der Waals surface area contributed by atoms with Gasteiger partial charge in [0.1, 0.15) is 5.75 Å². The second kappa shape index (κ2) is 8.45. The number of fused-ring (bicyclic) bond motifs is 1. The molecule has 7 heteroatoms. The van der Waals surface area contributed by atoms with Crippen molar-refractivity contribution in [2.24, 2.45) is 0 Å². The van der Waals surface area contributed by atoms with Gasteiger partial charge in [-0.3, -0.25) is 14.5 Å². The van der Waals surface area contributed by atoms with E-state index < -0.39 is 0 Å². The summed E-state index contributed by atoms with van der Waals surface area (Å²) in [4.78, 5) is 29.3. The van der Waals surface area contributed by atoms with Crippen molar-refractivity contribution < 1.29 is 9.53 Å². The minimum Gasteiger partial charge on any atom is -0.497 e. The number of carbonyl (C=O) groups is 1. The summed E-state index contributed by atoms with van der Waals surface area (Å²) in [6.45, 7) is 3.86. The average Bonchev–Trinajstić information content (AvgIpc) is 3.00. The van der Waals surface area contributed by atoms with Crippen molar-refractivity contribution in [1.29, 1.82) is 0 Å². The molecule has 4 rings (SSSR count). The van der Waals surface area contributed by atoms with Gasteiger partial charge in [0.25, 0.3) is 11.5 Å². The predicted octanol–water partition coefficient (Wildman–Crippen LogP) is 2.28. The monoisotopic (exact) mass is 392 g/mol. The Hall–Kier alpha value is -3.19. The quantitative estimate of drug-likeness (QED) is 0.737. The molecular formula is C22H24N4O3. The van der Waals surface area contributed by atoms with E-state index in [1.165, 1.54) is 5.56 Å². The van der Waals surface area contributed by atoms with Gasteiger partial charge in [0.2, 0.25) is 0 Å². The molecule has 0 radical (unpaired) electrons. The molecule has 1 aliphatic rings. The number of aromatic nitrogens is 2. The molecule has 0 unspecified atom stereocenters. The van der Waals surface area contributed by atoms with Gasteiger partial charge in [0.15, 0.2) is 5.69 Å². The van der Waals surface area contributed by atoms with Crippen LogP contribution in [-0.4, -0.2) is 59.2 Å². The van der Waals surface area contributed by atoms with Crippen LogP contribution in [0.25, 0.3) is 10.8 Å². The number of methoxy groups -OCH3 is 1. The fraction of sp³-hybridized carbons (Fsp3) is 0.318. The van der Waals surface area contributed by atoms with Gasteiger partial charge in [-0.2, -0.15) is 5.10 Å². The van der Waals surface area contributed by atoms with Crippen molar-refractivity contribution in [2.75, 3.05) is 33.3 Å². The summed E-state index contributed by atoms with van der Waals surface area (Å²) < 4.78 is 5.21. The lowest BCUT2D eigenvalue weighted by molar-refractivity contribution is 0.0756. The molecule has 0 bridgehead atoms. The highest BCUT2D eigenvalue weighted by Crippen LogP contribution is 2.17. The van der Waals surface area contributed by atoms with Gasteiger partial charge in [0, 0.05) is 38.1 Å². The molecule has 0 atom stereocenters. The minimum atomic E-state index is -0.279. The van der Waals surface area contributed by atoms with Crippen molar-refractivity contribution in [2.45, 2.75) is 13.0 Å². The van der Waals surface area contributed by atoms with Gasteiger partial charge >= 0.3 is 0 Å². The molecule has 2 heterocycles. The van der Waals surface area contributed by atoms with E-state index in [0.717, 1.165) is 31.8 Å². The third kappa shape index (κ3) is 4.14. The zero-order valence-corrected chi connectivity index (χ0v) is 16.4. The Morgan fingerprint density at radius 3 is 2.55 bits per heavy atom. The molecule has 0 spiro atoms. The number of carbonyl (C=O) groups excluding carboxylic acids is 1. The summed E-state index contributed by atoms with van der Waals surface area (Å²) in [7, 11) is 1.66. The van der Waals surface area contributed by atoms with E-state index in [1.54, 1.807) is 25.3 Å². The van der Waals surface area contributed by atoms with E-state index in [0.29, 0.717) is 29.6 Å². The number of nitrogens with zero attached hydrogens (tertiary/aromatic N) is 3. The van der Waals surface area contributed by atoms with Crippen LogP contribution in [-0.2, 0) is 6.54 Å². The van der Waals surface area contributed by atoms with Crippen LogP contribution in [0, 0.1) is 0 Å². The van der Waals surface area contributed by atoms with Gasteiger partial charge in [-0.15, -0.1) is 0 Å². The van der Waals surface area contributed by atoms with Crippen LogP contribution in [0.2, 0.25) is 0 Å². The first kappa shape index (κ1) is 19.1. The van der Waals surface area contributed by atoms with Gasteiger partial charge in [-0.25, -0.2) is 5.10 Å². The molecule has 0 saturated carbocycles. The predicted molar refractivity (Wildman–Crippen MR) is 111 cm³/mol. The van der Waals surface area contributed by atoms with Gasteiger partial charge in [-0.05, 0) is 30.2 Å². The summed E-state index contributed by atoms with van der Waals surface area (Å²) in [5.74, 6) is 0.714. The van der Waals surface area contributed by atoms with Crippen molar-refractivity contribution in [3.8, 4) is 5.75 Å². The lowest BCUT2D eigenvalue weighted by Gasteiger charge is -2.22. The summed E-state index contributed by atoms with van der Waals surface area (Å²) >= 11 is 0. The SMILES string of the molecule is COc1ccc(CN2CCCN(C(=O)c3n[nH]c(=O)c4ccccc34)CC2)cc1. The van der Waals surface area contributed by atoms with Crippen LogP contribution in [0.3, 0.4) is 0 Å². The third-order valence-electron chi connectivity index (χ3n) is 5.34. The largest absolute Gasteiger partial charge is 0.497 e. The van der Waals surface area contributed by atoms with Gasteiger partial charge in [0.05, 0.1) is 12.5 Å². The Morgan fingerprint density at radius 2 is 1.79 bits per heavy atom. The number of ether oxygens (including phenoxy) is 1. The molecule has 1 aliphatic heterocycles. The first-order chi connectivity index (χ1) is 14.2. The van der Waals surface area contributed by atoms with Crippen LogP contribution in [0.1, 0.15) is 22.5 Å². The Morgan fingerprint density at radius 1 is 1.03 bits per heavy atom. The highest BCUT2D eigenvalue weighted by Gasteiger charge is 2.23. The van der Waals surface area contributed by atoms with Gasteiger partial charge < -0.3 is 9.64 Å². The number of H-pyrrole nitrogens is 1. The molecule has 1 fully saturated rings. The maximum Gasteiger partial charge on any atom is 0.274 e. The maximum absolute atomic E-state index is 13.1. The van der Waals surface area contributed by atoms with E-state index in [1.807, 2.05) is 23.1 Å². The van der Waals surface area contributed by atoms with Crippen molar-refractivity contribution >= 4 is 16.7 Å². The lowest BCUT2D eigenvalue weighted by Crippen LogP contribution is -2.36. The average molecular weight is 392 g/mol. The molecule has 1 saturated heterocycles. The lowest BCUT2D eigenvalue weighted by atomic mass is 10.1. The Balaban J connectivity index is 1.46. The highest BCUT2D eigenvalue weighted by atomic mass is 16.5. The minimum absolute atomic E-state index is 0.135. The summed E-state index contributed by atoms with van der Waals surface area (Å²) in [6, 6.07) is 15.2. The summed E-state index contributed by atoms with van der Waals surface area (Å²) in [5, 5.41) is 7.60. The molecule has 7 nitrogen and oxygen atoms in total. The smallest absolute Gasteiger partial charge is 0.274 e. The van der Waals surface area contributed by atoms with Crippen LogP contribution >= 0.6 is 0 Å². The van der Waals surface area contributed by atoms with E-state index >= 15 is 0 Å². The van der Waals surface area contributed by atoms with Crippen LogP contribution < -0.4 is 10.3 Å². The van der Waals surface area contributed by atoms with E-state index in [2.05, 4.69) is 27.2 Å². The van der Waals surface area contributed by atoms with E-state index in [9.17, 15) is 9.59 Å². The van der Waals surface area contributed by atoms with Crippen molar-refractivity contribution in [3.63, 3.8) is 0 Å². The summed E-state index contributed by atoms with van der Waals surface area (Å²) in [5.41, 5.74) is 1.25. The molecular weight excluding hydrogens is 368 g/mol. The van der Waals surface area contributed by atoms with Crippen molar-refractivity contribution in [3.05, 3.63) is 70.1 Å². The zero-order chi connectivity index (χ0) is 20.2. The highest BCUT2D eigenvalue weighted by molar-refractivity contribution is 6.04. The van der Waals surface area contributed by atoms with Crippen molar-refractivity contribution in [1.82, 2.24) is 20.0 Å². The standard InChI is InChI=1S/C22H24N4O3/c1-29-17-9-7-16(8-10-17)15-25-11-4-12-26(14-13-25)22(28)20-18-5-2-3-6-19(18)21(27)24-23-20/h2-3,5-10H,4,11-15H2,1H3,(H,24,27). The van der Waals surface area contributed by atoms with E-state index in [-0.39, 0.29) is 11.5 Å². The van der Waals surface area contributed by atoms with Crippen LogP contribution in [0.4, 0.5) is 0 Å². The molecule has 1 aromatic heterocycles. The Kier molecular flexibility index (Phi) is 5.57. The second-order valence-corrected chi connectivity index (χ2v) is 7.22. The normalized spacial score (nSPS) is 15.3. The number of hydrogen-bond acceptors (Lipinski definition) is 5. The topological polar surface area (TPSA) is 78.5 Å². The number of rotatable bonds is 4. The molecule has 0 aliphatic carbocycles. The zero-order valence-electron chi connectivity index (χ0n) is 16.4. The third-order valence-corrected chi connectivity index (χ3v) is 5.34. The molecule has 3 aromatic rings. The summed E-state index contributed by atoms with van der Waals surface area (Å²) in [6.07, 6.45) is 0.892. The Bertz CT molecular complexity index is 1060. The number of aromatic amines is 1. The number of benzene rings is 2. The first-order valence-corrected chi connectivity index (χ1v) is 9.77. The molecule has 29 heavy (non-hydrogen) atoms. The second-order valence-electron chi connectivity index (χ2n) is 7.22. The number of hydrogen-bond donors (Lipinski definition) is 1. The number of amides is 1. The fourth-order valence-corrected chi connectivity index (χ4v) is 3.75. The maximum atomic E-state index is 13.1. The van der Waals surface area contributed by atoms with Crippen LogP contribution in [0.15, 0.2) is 53.3 Å². The molecule has 1 amide bonds. The van der Waals surface area contributed by atoms with Crippen LogP contribution in [0.5, 0.6) is 5.75 Å².